The summed E-state index contributed by atoms with van der Waals surface area (Å²) >= 11 is 7.49. The number of rotatable bonds is 7. The van der Waals surface area contributed by atoms with E-state index in [0.717, 1.165) is 22.5 Å². The summed E-state index contributed by atoms with van der Waals surface area (Å²) in [6, 6.07) is 14.5. The molecule has 170 valence electrons. The number of hydrogen-bond acceptors (Lipinski definition) is 5. The Bertz CT molecular complexity index is 1290. The van der Waals surface area contributed by atoms with E-state index in [1.165, 1.54) is 17.8 Å². The van der Waals surface area contributed by atoms with Gasteiger partial charge in [-0.2, -0.15) is 4.98 Å². The summed E-state index contributed by atoms with van der Waals surface area (Å²) in [7, 11) is 1.78. The second-order valence-electron chi connectivity index (χ2n) is 7.77. The molecule has 6 nitrogen and oxygen atoms in total. The summed E-state index contributed by atoms with van der Waals surface area (Å²) in [5.74, 6) is 0.296. The number of aryl methyl sites for hydroxylation is 2. The van der Waals surface area contributed by atoms with Gasteiger partial charge in [0.1, 0.15) is 5.82 Å². The van der Waals surface area contributed by atoms with E-state index >= 15 is 0 Å². The second kappa shape index (κ2) is 9.89. The number of amides is 1. The highest BCUT2D eigenvalue weighted by Crippen LogP contribution is 2.26. The molecule has 0 aliphatic rings. The molecule has 0 aliphatic carbocycles. The molecule has 0 unspecified atom stereocenters. The fraction of sp³-hybridized carbons (Fsp3) is 0.250. The van der Waals surface area contributed by atoms with Crippen molar-refractivity contribution in [2.75, 3.05) is 12.8 Å². The minimum Gasteiger partial charge on any atom is -0.341 e. The molecule has 1 amide bonds. The number of halogens is 2. The van der Waals surface area contributed by atoms with Crippen LogP contribution in [0.15, 0.2) is 53.7 Å². The molecule has 2 aromatic carbocycles. The van der Waals surface area contributed by atoms with Crippen LogP contribution in [0.5, 0.6) is 0 Å². The van der Waals surface area contributed by atoms with Crippen LogP contribution in [0, 0.1) is 19.7 Å². The van der Waals surface area contributed by atoms with Crippen molar-refractivity contribution in [3.63, 3.8) is 0 Å². The third kappa shape index (κ3) is 5.17. The van der Waals surface area contributed by atoms with Gasteiger partial charge in [-0.15, -0.1) is 5.10 Å². The van der Waals surface area contributed by atoms with E-state index in [1.54, 1.807) is 28.6 Å². The van der Waals surface area contributed by atoms with Crippen molar-refractivity contribution in [2.45, 2.75) is 32.0 Å². The molecule has 0 atom stereocenters. The van der Waals surface area contributed by atoms with E-state index < -0.39 is 0 Å². The summed E-state index contributed by atoms with van der Waals surface area (Å²) < 4.78 is 16.0. The Balaban J connectivity index is 1.50. The summed E-state index contributed by atoms with van der Waals surface area (Å²) in [5, 5.41) is 5.37. The second-order valence-corrected chi connectivity index (χ2v) is 9.12. The molecule has 9 heteroatoms. The van der Waals surface area contributed by atoms with Gasteiger partial charge in [-0.05, 0) is 37.1 Å². The standard InChI is InChI=1S/C24H23ClFN5OS/c1-15-18(12-19-20(25)10-7-11-21(19)26)16(2)31-23(27-15)28-24(29-31)33-14-22(32)30(3)13-17-8-5-4-6-9-17/h4-11H,12-14H2,1-3H3. The van der Waals surface area contributed by atoms with E-state index in [1.807, 2.05) is 44.2 Å². The zero-order valence-corrected chi connectivity index (χ0v) is 20.1. The van der Waals surface area contributed by atoms with Crippen LogP contribution in [0.2, 0.25) is 5.02 Å². The lowest BCUT2D eigenvalue weighted by Gasteiger charge is -2.16. The van der Waals surface area contributed by atoms with Gasteiger partial charge in [0, 0.05) is 42.0 Å². The minimum atomic E-state index is -0.352. The smallest absolute Gasteiger partial charge is 0.253 e. The van der Waals surface area contributed by atoms with Crippen LogP contribution in [0.4, 0.5) is 4.39 Å². The van der Waals surface area contributed by atoms with Gasteiger partial charge in [0.05, 0.1) is 5.75 Å². The lowest BCUT2D eigenvalue weighted by atomic mass is 10.0. The summed E-state index contributed by atoms with van der Waals surface area (Å²) in [6.45, 7) is 4.30. The lowest BCUT2D eigenvalue weighted by Crippen LogP contribution is -2.27. The highest BCUT2D eigenvalue weighted by Gasteiger charge is 2.18. The third-order valence-electron chi connectivity index (χ3n) is 5.46. The number of hydrogen-bond donors (Lipinski definition) is 0. The lowest BCUT2D eigenvalue weighted by molar-refractivity contribution is -0.127. The van der Waals surface area contributed by atoms with Crippen molar-refractivity contribution in [3.8, 4) is 0 Å². The predicted octanol–water partition coefficient (Wildman–Crippen LogP) is 4.88. The van der Waals surface area contributed by atoms with Crippen LogP contribution in [0.3, 0.4) is 0 Å². The van der Waals surface area contributed by atoms with Gasteiger partial charge in [-0.1, -0.05) is 59.8 Å². The molecule has 0 fully saturated rings. The van der Waals surface area contributed by atoms with Crippen LogP contribution in [0.1, 0.15) is 28.1 Å². The molecule has 0 N–H and O–H groups in total. The Kier molecular flexibility index (Phi) is 6.95. The molecule has 0 saturated carbocycles. The van der Waals surface area contributed by atoms with Crippen molar-refractivity contribution in [3.05, 3.63) is 87.4 Å². The van der Waals surface area contributed by atoms with Crippen molar-refractivity contribution >= 4 is 35.0 Å². The average Bonchev–Trinajstić information content (AvgIpc) is 3.20. The first-order valence-electron chi connectivity index (χ1n) is 10.4. The summed E-state index contributed by atoms with van der Waals surface area (Å²) in [5.41, 5.74) is 3.88. The third-order valence-corrected chi connectivity index (χ3v) is 6.63. The Morgan fingerprint density at radius 1 is 1.09 bits per heavy atom. The molecule has 0 saturated heterocycles. The summed E-state index contributed by atoms with van der Waals surface area (Å²) in [6.07, 6.45) is 0.303. The number of nitrogens with zero attached hydrogens (tertiary/aromatic N) is 5. The van der Waals surface area contributed by atoms with Crippen LogP contribution in [-0.2, 0) is 17.8 Å². The molecule has 0 bridgehead atoms. The van der Waals surface area contributed by atoms with Gasteiger partial charge in [-0.25, -0.2) is 13.9 Å². The maximum atomic E-state index is 14.3. The molecule has 33 heavy (non-hydrogen) atoms. The molecule has 2 aromatic heterocycles. The van der Waals surface area contributed by atoms with Crippen LogP contribution in [0.25, 0.3) is 5.78 Å². The minimum absolute atomic E-state index is 0.0153. The fourth-order valence-corrected chi connectivity index (χ4v) is 4.56. The Morgan fingerprint density at radius 2 is 1.85 bits per heavy atom. The largest absolute Gasteiger partial charge is 0.341 e. The predicted molar refractivity (Wildman–Crippen MR) is 128 cm³/mol. The topological polar surface area (TPSA) is 63.4 Å². The first-order valence-corrected chi connectivity index (χ1v) is 11.8. The van der Waals surface area contributed by atoms with Gasteiger partial charge in [0.15, 0.2) is 0 Å². The molecule has 0 spiro atoms. The number of thioether (sulfide) groups is 1. The molecule has 4 aromatic rings. The first kappa shape index (κ1) is 23.2. The van der Waals surface area contributed by atoms with Gasteiger partial charge in [0.25, 0.3) is 5.78 Å². The monoisotopic (exact) mass is 483 g/mol. The normalized spacial score (nSPS) is 11.2. The zero-order valence-electron chi connectivity index (χ0n) is 18.5. The van der Waals surface area contributed by atoms with Crippen molar-refractivity contribution in [2.24, 2.45) is 0 Å². The van der Waals surface area contributed by atoms with Crippen molar-refractivity contribution in [1.82, 2.24) is 24.5 Å². The molecular formula is C24H23ClFN5OS. The SMILES string of the molecule is Cc1nc2nc(SCC(=O)N(C)Cc3ccccc3)nn2c(C)c1Cc1c(F)cccc1Cl. The number of aromatic nitrogens is 4. The zero-order chi connectivity index (χ0) is 23.5. The first-order chi connectivity index (χ1) is 15.8. The van der Waals surface area contributed by atoms with Gasteiger partial charge in [-0.3, -0.25) is 4.79 Å². The number of benzene rings is 2. The molecule has 4 rings (SSSR count). The fourth-order valence-electron chi connectivity index (χ4n) is 3.57. The van der Waals surface area contributed by atoms with Crippen LogP contribution in [-0.4, -0.2) is 43.2 Å². The Morgan fingerprint density at radius 3 is 2.58 bits per heavy atom. The average molecular weight is 484 g/mol. The summed E-state index contributed by atoms with van der Waals surface area (Å²) in [4.78, 5) is 23.3. The maximum Gasteiger partial charge on any atom is 0.253 e. The highest BCUT2D eigenvalue weighted by molar-refractivity contribution is 7.99. The molecule has 2 heterocycles. The number of carbonyl (C=O) groups is 1. The molecule has 0 radical (unpaired) electrons. The van der Waals surface area contributed by atoms with Gasteiger partial charge < -0.3 is 4.90 Å². The van der Waals surface area contributed by atoms with E-state index in [2.05, 4.69) is 15.1 Å². The number of carbonyl (C=O) groups excluding carboxylic acids is 1. The van der Waals surface area contributed by atoms with Crippen LogP contribution >= 0.6 is 23.4 Å². The van der Waals surface area contributed by atoms with Crippen molar-refractivity contribution in [1.29, 1.82) is 0 Å². The van der Waals surface area contributed by atoms with E-state index in [-0.39, 0.29) is 17.5 Å². The Hall–Kier alpha value is -2.97. The quantitative estimate of drug-likeness (QED) is 0.351. The van der Waals surface area contributed by atoms with E-state index in [9.17, 15) is 9.18 Å². The maximum absolute atomic E-state index is 14.3. The molecular weight excluding hydrogens is 461 g/mol. The van der Waals surface area contributed by atoms with E-state index in [4.69, 9.17) is 11.6 Å². The highest BCUT2D eigenvalue weighted by atomic mass is 35.5. The Labute approximate surface area is 200 Å². The molecule has 0 aliphatic heterocycles. The van der Waals surface area contributed by atoms with Gasteiger partial charge in [0.2, 0.25) is 11.1 Å². The van der Waals surface area contributed by atoms with Crippen molar-refractivity contribution < 1.29 is 9.18 Å². The number of fused-ring (bicyclic) bond motifs is 1. The van der Waals surface area contributed by atoms with Gasteiger partial charge >= 0.3 is 0 Å². The van der Waals surface area contributed by atoms with Crippen LogP contribution < -0.4 is 0 Å². The van der Waals surface area contributed by atoms with E-state index in [0.29, 0.717) is 34.5 Å².